The van der Waals surface area contributed by atoms with Gasteiger partial charge >= 0.3 is 6.36 Å². The third-order valence-electron chi connectivity index (χ3n) is 1.98. The second kappa shape index (κ2) is 7.85. The molecule has 1 aromatic carbocycles. The van der Waals surface area contributed by atoms with Crippen molar-refractivity contribution in [3.63, 3.8) is 0 Å². The Morgan fingerprint density at radius 1 is 1.26 bits per heavy atom. The molecule has 0 bridgehead atoms. The zero-order chi connectivity index (χ0) is 13.6. The second-order valence-electron chi connectivity index (χ2n) is 3.51. The second-order valence-corrected chi connectivity index (χ2v) is 3.51. The number of amides is 1. The van der Waals surface area contributed by atoms with Gasteiger partial charge in [0.25, 0.3) is 0 Å². The largest absolute Gasteiger partial charge is 0.573 e. The van der Waals surface area contributed by atoms with Crippen LogP contribution in [0.1, 0.15) is 12.8 Å². The van der Waals surface area contributed by atoms with Gasteiger partial charge in [-0.25, -0.2) is 0 Å². The molecule has 19 heavy (non-hydrogen) atoms. The standard InChI is InChI=1S/C11H13F3N2O2.ClH/c12-11(13,14)18-9-5-3-8(4-6-9)16-10(17)2-1-7-15;/h3-6H,1-2,7,15H2,(H,16,17);1H. The highest BCUT2D eigenvalue weighted by Gasteiger charge is 2.30. The fraction of sp³-hybridized carbons (Fsp3) is 0.364. The summed E-state index contributed by atoms with van der Waals surface area (Å²) in [5.74, 6) is -0.563. The molecular formula is C11H14ClF3N2O2. The third-order valence-corrected chi connectivity index (χ3v) is 1.98. The topological polar surface area (TPSA) is 64.4 Å². The van der Waals surface area contributed by atoms with E-state index in [-0.39, 0.29) is 30.5 Å². The van der Waals surface area contributed by atoms with E-state index in [1.54, 1.807) is 0 Å². The van der Waals surface area contributed by atoms with Crippen molar-refractivity contribution in [2.75, 3.05) is 11.9 Å². The van der Waals surface area contributed by atoms with E-state index in [9.17, 15) is 18.0 Å². The highest BCUT2D eigenvalue weighted by molar-refractivity contribution is 5.90. The lowest BCUT2D eigenvalue weighted by molar-refractivity contribution is -0.274. The van der Waals surface area contributed by atoms with Gasteiger partial charge in [0.2, 0.25) is 5.91 Å². The molecular weight excluding hydrogens is 285 g/mol. The number of hydrogen-bond donors (Lipinski definition) is 2. The third kappa shape index (κ3) is 7.53. The van der Waals surface area contributed by atoms with Crippen molar-refractivity contribution in [3.8, 4) is 5.75 Å². The quantitative estimate of drug-likeness (QED) is 0.878. The number of anilines is 1. The number of alkyl halides is 3. The maximum Gasteiger partial charge on any atom is 0.573 e. The van der Waals surface area contributed by atoms with Crippen LogP contribution in [0.5, 0.6) is 5.75 Å². The Morgan fingerprint density at radius 3 is 2.32 bits per heavy atom. The number of halogens is 4. The van der Waals surface area contributed by atoms with Crippen molar-refractivity contribution in [1.29, 1.82) is 0 Å². The van der Waals surface area contributed by atoms with Crippen molar-refractivity contribution in [1.82, 2.24) is 0 Å². The predicted molar refractivity (Wildman–Crippen MR) is 67.3 cm³/mol. The lowest BCUT2D eigenvalue weighted by Gasteiger charge is -2.09. The van der Waals surface area contributed by atoms with Gasteiger partial charge in [-0.1, -0.05) is 0 Å². The summed E-state index contributed by atoms with van der Waals surface area (Å²) < 4.78 is 39.4. The van der Waals surface area contributed by atoms with Crippen molar-refractivity contribution in [3.05, 3.63) is 24.3 Å². The lowest BCUT2D eigenvalue weighted by Crippen LogP contribution is -2.17. The number of rotatable bonds is 5. The summed E-state index contributed by atoms with van der Waals surface area (Å²) in [4.78, 5) is 11.3. The van der Waals surface area contributed by atoms with E-state index in [4.69, 9.17) is 5.73 Å². The molecule has 1 rings (SSSR count). The van der Waals surface area contributed by atoms with Crippen LogP contribution in [0.25, 0.3) is 0 Å². The highest BCUT2D eigenvalue weighted by Crippen LogP contribution is 2.23. The minimum absolute atomic E-state index is 0. The van der Waals surface area contributed by atoms with E-state index < -0.39 is 6.36 Å². The summed E-state index contributed by atoms with van der Waals surface area (Å²) in [5.41, 5.74) is 5.65. The average Bonchev–Trinajstić information content (AvgIpc) is 2.27. The Labute approximate surface area is 114 Å². The molecule has 1 aromatic rings. The first-order chi connectivity index (χ1) is 8.40. The summed E-state index contributed by atoms with van der Waals surface area (Å²) in [6.45, 7) is 0.409. The molecule has 0 aliphatic heterocycles. The van der Waals surface area contributed by atoms with Gasteiger partial charge in [-0.3, -0.25) is 4.79 Å². The highest BCUT2D eigenvalue weighted by atomic mass is 35.5. The van der Waals surface area contributed by atoms with Crippen LogP contribution >= 0.6 is 12.4 Å². The van der Waals surface area contributed by atoms with E-state index in [0.717, 1.165) is 12.1 Å². The molecule has 0 saturated carbocycles. The fourth-order valence-corrected chi connectivity index (χ4v) is 1.23. The molecule has 0 atom stereocenters. The molecule has 0 radical (unpaired) electrons. The maximum atomic E-state index is 11.9. The zero-order valence-electron chi connectivity index (χ0n) is 9.87. The van der Waals surface area contributed by atoms with Crippen molar-refractivity contribution in [2.45, 2.75) is 19.2 Å². The minimum atomic E-state index is -4.72. The summed E-state index contributed by atoms with van der Waals surface area (Å²) in [7, 11) is 0. The van der Waals surface area contributed by atoms with Crippen LogP contribution in [0.2, 0.25) is 0 Å². The molecule has 8 heteroatoms. The molecule has 108 valence electrons. The number of nitrogens with one attached hydrogen (secondary N) is 1. The fourth-order valence-electron chi connectivity index (χ4n) is 1.23. The number of benzene rings is 1. The van der Waals surface area contributed by atoms with Gasteiger partial charge in [0.05, 0.1) is 0 Å². The van der Waals surface area contributed by atoms with Crippen LogP contribution in [0.15, 0.2) is 24.3 Å². The summed E-state index contributed by atoms with van der Waals surface area (Å²) >= 11 is 0. The van der Waals surface area contributed by atoms with Gasteiger partial charge in [-0.2, -0.15) is 0 Å². The van der Waals surface area contributed by atoms with E-state index in [1.807, 2.05) is 0 Å². The number of hydrogen-bond acceptors (Lipinski definition) is 3. The molecule has 0 unspecified atom stereocenters. The van der Waals surface area contributed by atoms with Gasteiger partial charge < -0.3 is 15.8 Å². The molecule has 0 fully saturated rings. The molecule has 3 N–H and O–H groups in total. The molecule has 0 heterocycles. The first-order valence-corrected chi connectivity index (χ1v) is 5.26. The van der Waals surface area contributed by atoms with Crippen molar-refractivity contribution in [2.24, 2.45) is 5.73 Å². The zero-order valence-corrected chi connectivity index (χ0v) is 10.7. The first-order valence-electron chi connectivity index (χ1n) is 5.26. The smallest absolute Gasteiger partial charge is 0.406 e. The summed E-state index contributed by atoms with van der Waals surface area (Å²) in [5, 5.41) is 2.54. The van der Waals surface area contributed by atoms with Crippen LogP contribution < -0.4 is 15.8 Å². The Bertz CT molecular complexity index is 396. The lowest BCUT2D eigenvalue weighted by atomic mass is 10.2. The van der Waals surface area contributed by atoms with E-state index in [2.05, 4.69) is 10.1 Å². The number of carbonyl (C=O) groups is 1. The molecule has 4 nitrogen and oxygen atoms in total. The monoisotopic (exact) mass is 298 g/mol. The molecule has 1 amide bonds. The summed E-state index contributed by atoms with van der Waals surface area (Å²) in [6, 6.07) is 4.93. The Balaban J connectivity index is 0.00000324. The van der Waals surface area contributed by atoms with Crippen molar-refractivity contribution >= 4 is 24.0 Å². The van der Waals surface area contributed by atoms with E-state index in [1.165, 1.54) is 12.1 Å². The van der Waals surface area contributed by atoms with Gasteiger partial charge in [0, 0.05) is 12.1 Å². The average molecular weight is 299 g/mol. The predicted octanol–water partition coefficient (Wildman–Crippen LogP) is 2.68. The Hall–Kier alpha value is -1.47. The van der Waals surface area contributed by atoms with Crippen molar-refractivity contribution < 1.29 is 22.7 Å². The van der Waals surface area contributed by atoms with Crippen LogP contribution in [0.3, 0.4) is 0 Å². The van der Waals surface area contributed by atoms with Gasteiger partial charge in [-0.05, 0) is 37.2 Å². The van der Waals surface area contributed by atoms with E-state index >= 15 is 0 Å². The van der Waals surface area contributed by atoms with E-state index in [0.29, 0.717) is 18.7 Å². The van der Waals surface area contributed by atoms with Gasteiger partial charge in [0.1, 0.15) is 5.75 Å². The SMILES string of the molecule is Cl.NCCCC(=O)Nc1ccc(OC(F)(F)F)cc1. The minimum Gasteiger partial charge on any atom is -0.406 e. The van der Waals surface area contributed by atoms with Crippen LogP contribution in [0, 0.1) is 0 Å². The molecule has 0 saturated heterocycles. The number of carbonyl (C=O) groups excluding carboxylic acids is 1. The Morgan fingerprint density at radius 2 is 1.84 bits per heavy atom. The van der Waals surface area contributed by atoms with Crippen LogP contribution in [0.4, 0.5) is 18.9 Å². The maximum absolute atomic E-state index is 11.9. The molecule has 0 spiro atoms. The van der Waals surface area contributed by atoms with Gasteiger partial charge in [-0.15, -0.1) is 25.6 Å². The number of nitrogens with two attached hydrogens (primary N) is 1. The first kappa shape index (κ1) is 17.5. The van der Waals surface area contributed by atoms with Crippen LogP contribution in [-0.4, -0.2) is 18.8 Å². The molecule has 0 aliphatic carbocycles. The molecule has 0 aromatic heterocycles. The van der Waals surface area contributed by atoms with Crippen LogP contribution in [-0.2, 0) is 4.79 Å². The number of ether oxygens (including phenoxy) is 1. The Kier molecular flexibility index (Phi) is 7.25. The normalized spacial score (nSPS) is 10.5. The van der Waals surface area contributed by atoms with Gasteiger partial charge in [0.15, 0.2) is 0 Å². The summed E-state index contributed by atoms with van der Waals surface area (Å²) in [6.07, 6.45) is -3.88. The molecule has 0 aliphatic rings.